The number of fused-ring (bicyclic) bond motifs is 1. The minimum absolute atomic E-state index is 0.176. The number of thiazole rings is 1. The van der Waals surface area contributed by atoms with Crippen LogP contribution in [-0.2, 0) is 4.79 Å². The van der Waals surface area contributed by atoms with Gasteiger partial charge in [-0.2, -0.15) is 5.10 Å². The number of carbonyl (C=O) groups excluding carboxylic acids is 2. The van der Waals surface area contributed by atoms with Crippen molar-refractivity contribution in [3.63, 3.8) is 0 Å². The summed E-state index contributed by atoms with van der Waals surface area (Å²) < 4.78 is 13.3. The summed E-state index contributed by atoms with van der Waals surface area (Å²) in [4.78, 5) is 29.2. The Labute approximate surface area is 212 Å². The van der Waals surface area contributed by atoms with E-state index >= 15 is 0 Å². The second-order valence-electron chi connectivity index (χ2n) is 6.83. The molecule has 1 heterocycles. The van der Waals surface area contributed by atoms with Crippen molar-refractivity contribution >= 4 is 67.3 Å². The van der Waals surface area contributed by atoms with Gasteiger partial charge in [-0.3, -0.25) is 4.79 Å². The van der Waals surface area contributed by atoms with Crippen molar-refractivity contribution in [2.45, 2.75) is 4.34 Å². The van der Waals surface area contributed by atoms with Crippen molar-refractivity contribution in [3.05, 3.63) is 82.3 Å². The number of para-hydroxylation sites is 1. The Bertz CT molecular complexity index is 1320. The van der Waals surface area contributed by atoms with Gasteiger partial charge in [0.15, 0.2) is 4.34 Å². The van der Waals surface area contributed by atoms with Gasteiger partial charge in [0.25, 0.3) is 5.91 Å². The summed E-state index contributed by atoms with van der Waals surface area (Å²) in [5.41, 5.74) is 4.32. The quantitative estimate of drug-likeness (QED) is 0.101. The molecular formula is C24H18BrN3O4S2. The number of rotatable bonds is 8. The Morgan fingerprint density at radius 1 is 1.15 bits per heavy atom. The van der Waals surface area contributed by atoms with Gasteiger partial charge in [0, 0.05) is 10.0 Å². The van der Waals surface area contributed by atoms with E-state index in [2.05, 4.69) is 31.4 Å². The van der Waals surface area contributed by atoms with Gasteiger partial charge in [0.1, 0.15) is 11.5 Å². The average molecular weight is 556 g/mol. The van der Waals surface area contributed by atoms with Crippen molar-refractivity contribution in [3.8, 4) is 11.5 Å². The molecular weight excluding hydrogens is 538 g/mol. The number of hydrogen-bond acceptors (Lipinski definition) is 8. The Morgan fingerprint density at radius 3 is 2.71 bits per heavy atom. The zero-order chi connectivity index (χ0) is 23.9. The summed E-state index contributed by atoms with van der Waals surface area (Å²) >= 11 is 6.29. The maximum absolute atomic E-state index is 12.5. The van der Waals surface area contributed by atoms with Gasteiger partial charge in [-0.05, 0) is 54.6 Å². The van der Waals surface area contributed by atoms with E-state index in [1.807, 2.05) is 24.3 Å². The second-order valence-corrected chi connectivity index (χ2v) is 10.00. The van der Waals surface area contributed by atoms with Gasteiger partial charge >= 0.3 is 5.97 Å². The first-order chi connectivity index (χ1) is 16.5. The van der Waals surface area contributed by atoms with Crippen LogP contribution in [0.15, 0.2) is 80.6 Å². The molecule has 1 N–H and O–H groups in total. The predicted octanol–water partition coefficient (Wildman–Crippen LogP) is 5.53. The molecule has 0 spiro atoms. The number of carbonyl (C=O) groups is 2. The summed E-state index contributed by atoms with van der Waals surface area (Å²) in [6.45, 7) is 0. The fraction of sp³-hybridized carbons (Fsp3) is 0.0833. The molecule has 1 aromatic heterocycles. The van der Waals surface area contributed by atoms with Crippen molar-refractivity contribution in [2.24, 2.45) is 5.10 Å². The van der Waals surface area contributed by atoms with Crippen molar-refractivity contribution in [2.75, 3.05) is 12.9 Å². The number of aromatic nitrogens is 1. The van der Waals surface area contributed by atoms with Crippen LogP contribution >= 0.6 is 39.0 Å². The van der Waals surface area contributed by atoms with Crippen LogP contribution in [0.5, 0.6) is 11.5 Å². The van der Waals surface area contributed by atoms with Gasteiger partial charge in [-0.1, -0.05) is 39.8 Å². The third-order valence-electron chi connectivity index (χ3n) is 4.49. The number of methoxy groups -OCH3 is 1. The minimum atomic E-state index is -0.518. The van der Waals surface area contributed by atoms with Gasteiger partial charge in [0.05, 0.1) is 34.9 Å². The van der Waals surface area contributed by atoms with Crippen molar-refractivity contribution in [1.82, 2.24) is 10.4 Å². The summed E-state index contributed by atoms with van der Waals surface area (Å²) in [5, 5.41) is 4.02. The van der Waals surface area contributed by atoms with E-state index in [0.29, 0.717) is 22.6 Å². The number of amides is 1. The molecule has 0 bridgehead atoms. The van der Waals surface area contributed by atoms with E-state index in [9.17, 15) is 9.59 Å². The smallest absolute Gasteiger partial charge is 0.343 e. The molecule has 0 radical (unpaired) electrons. The van der Waals surface area contributed by atoms with E-state index in [1.54, 1.807) is 60.9 Å². The molecule has 4 aromatic rings. The molecule has 0 aliphatic carbocycles. The highest BCUT2D eigenvalue weighted by atomic mass is 79.9. The molecule has 10 heteroatoms. The average Bonchev–Trinajstić information content (AvgIpc) is 3.27. The predicted molar refractivity (Wildman–Crippen MR) is 138 cm³/mol. The van der Waals surface area contributed by atoms with Crippen LogP contribution in [-0.4, -0.2) is 35.9 Å². The monoisotopic (exact) mass is 555 g/mol. The van der Waals surface area contributed by atoms with Crippen LogP contribution in [0, 0.1) is 0 Å². The summed E-state index contributed by atoms with van der Waals surface area (Å²) in [6, 6.07) is 19.6. The fourth-order valence-corrected chi connectivity index (χ4v) is 5.08. The highest BCUT2D eigenvalue weighted by Gasteiger charge is 2.12. The van der Waals surface area contributed by atoms with Crippen molar-refractivity contribution in [1.29, 1.82) is 0 Å². The number of benzene rings is 3. The maximum atomic E-state index is 12.5. The Balaban J connectivity index is 1.36. The van der Waals surface area contributed by atoms with Gasteiger partial charge < -0.3 is 9.47 Å². The molecule has 34 heavy (non-hydrogen) atoms. The molecule has 0 fully saturated rings. The first-order valence-electron chi connectivity index (χ1n) is 9.98. The van der Waals surface area contributed by atoms with Crippen LogP contribution in [0.4, 0.5) is 0 Å². The zero-order valence-corrected chi connectivity index (χ0v) is 21.1. The molecule has 4 rings (SSSR count). The van der Waals surface area contributed by atoms with Crippen LogP contribution in [0.3, 0.4) is 0 Å². The number of esters is 1. The molecule has 1 amide bonds. The highest BCUT2D eigenvalue weighted by Crippen LogP contribution is 2.29. The van der Waals surface area contributed by atoms with Crippen LogP contribution in [0.1, 0.15) is 15.9 Å². The molecule has 0 aliphatic rings. The van der Waals surface area contributed by atoms with Gasteiger partial charge in [0.2, 0.25) is 0 Å². The lowest BCUT2D eigenvalue weighted by Gasteiger charge is -2.08. The minimum Gasteiger partial charge on any atom is -0.497 e. The summed E-state index contributed by atoms with van der Waals surface area (Å²) in [6.07, 6.45) is 1.43. The van der Waals surface area contributed by atoms with E-state index < -0.39 is 5.97 Å². The Morgan fingerprint density at radius 2 is 1.94 bits per heavy atom. The standard InChI is InChI=1S/C24H18BrN3O4S2/c1-31-18-9-6-15(7-10-18)23(30)32-20-11-8-17(25)12-16(20)13-26-28-22(29)14-33-24-27-19-4-2-3-5-21(19)34-24/h2-13H,14H2,1H3,(H,28,29)/b26-13-. The first-order valence-corrected chi connectivity index (χ1v) is 12.6. The van der Waals surface area contributed by atoms with E-state index in [1.165, 1.54) is 18.0 Å². The number of ether oxygens (including phenoxy) is 2. The Kier molecular flexibility index (Phi) is 7.94. The van der Waals surface area contributed by atoms with E-state index in [-0.39, 0.29) is 11.7 Å². The lowest BCUT2D eigenvalue weighted by Crippen LogP contribution is -2.19. The molecule has 3 aromatic carbocycles. The first kappa shape index (κ1) is 23.9. The second kappa shape index (κ2) is 11.3. The fourth-order valence-electron chi connectivity index (χ4n) is 2.85. The molecule has 0 saturated heterocycles. The molecule has 7 nitrogen and oxygen atoms in total. The molecule has 172 valence electrons. The number of halogens is 1. The van der Waals surface area contributed by atoms with Crippen LogP contribution < -0.4 is 14.9 Å². The number of nitrogens with zero attached hydrogens (tertiary/aromatic N) is 2. The third kappa shape index (κ3) is 6.22. The molecule has 0 saturated carbocycles. The lowest BCUT2D eigenvalue weighted by atomic mass is 10.2. The van der Waals surface area contributed by atoms with Crippen LogP contribution in [0.2, 0.25) is 0 Å². The topological polar surface area (TPSA) is 89.9 Å². The molecule has 0 aliphatic heterocycles. The third-order valence-corrected chi connectivity index (χ3v) is 7.17. The van der Waals surface area contributed by atoms with Gasteiger partial charge in [-0.15, -0.1) is 11.3 Å². The number of hydrogen-bond donors (Lipinski definition) is 1. The van der Waals surface area contributed by atoms with Crippen molar-refractivity contribution < 1.29 is 19.1 Å². The molecule has 0 unspecified atom stereocenters. The highest BCUT2D eigenvalue weighted by molar-refractivity contribution is 9.10. The largest absolute Gasteiger partial charge is 0.497 e. The number of nitrogens with one attached hydrogen (secondary N) is 1. The Hall–Kier alpha value is -3.21. The van der Waals surface area contributed by atoms with Gasteiger partial charge in [-0.25, -0.2) is 15.2 Å². The molecule has 0 atom stereocenters. The SMILES string of the molecule is COc1ccc(C(=O)Oc2ccc(Br)cc2/C=N\NC(=O)CSc2nc3ccccc3s2)cc1. The normalized spacial score (nSPS) is 11.0. The number of thioether (sulfide) groups is 1. The maximum Gasteiger partial charge on any atom is 0.343 e. The zero-order valence-electron chi connectivity index (χ0n) is 17.9. The van der Waals surface area contributed by atoms with Crippen LogP contribution in [0.25, 0.3) is 10.2 Å². The van der Waals surface area contributed by atoms with E-state index in [0.717, 1.165) is 19.0 Å². The lowest BCUT2D eigenvalue weighted by molar-refractivity contribution is -0.118. The number of hydrazone groups is 1. The summed E-state index contributed by atoms with van der Waals surface area (Å²) in [5.74, 6) is 0.341. The van der Waals surface area contributed by atoms with E-state index in [4.69, 9.17) is 9.47 Å². The summed E-state index contributed by atoms with van der Waals surface area (Å²) in [7, 11) is 1.55.